The second-order valence-electron chi connectivity index (χ2n) is 6.95. The Bertz CT molecular complexity index is 833. The molecular formula is C23H28Cl2N2O2S. The molecule has 1 atom stereocenters. The Morgan fingerprint density at radius 1 is 1.10 bits per heavy atom. The van der Waals surface area contributed by atoms with Crippen LogP contribution in [0.25, 0.3) is 0 Å². The molecule has 162 valence electrons. The fourth-order valence-electron chi connectivity index (χ4n) is 3.03. The number of carbonyl (C=O) groups is 2. The van der Waals surface area contributed by atoms with Crippen molar-refractivity contribution >= 4 is 46.8 Å². The summed E-state index contributed by atoms with van der Waals surface area (Å²) in [5.74, 6) is 0.810. The summed E-state index contributed by atoms with van der Waals surface area (Å²) in [5, 5.41) is 3.94. The number of nitrogens with zero attached hydrogens (tertiary/aromatic N) is 1. The van der Waals surface area contributed by atoms with Crippen molar-refractivity contribution in [3.63, 3.8) is 0 Å². The van der Waals surface area contributed by atoms with E-state index in [1.165, 1.54) is 0 Å². The number of amides is 2. The maximum atomic E-state index is 13.2. The van der Waals surface area contributed by atoms with E-state index in [1.54, 1.807) is 34.9 Å². The van der Waals surface area contributed by atoms with E-state index < -0.39 is 6.04 Å². The molecule has 0 aromatic heterocycles. The van der Waals surface area contributed by atoms with Crippen molar-refractivity contribution in [2.45, 2.75) is 45.0 Å². The molecule has 0 spiro atoms. The molecule has 2 rings (SSSR count). The van der Waals surface area contributed by atoms with Crippen LogP contribution in [0.2, 0.25) is 10.0 Å². The molecule has 0 bridgehead atoms. The lowest BCUT2D eigenvalue weighted by Gasteiger charge is -2.31. The second kappa shape index (κ2) is 12.9. The third kappa shape index (κ3) is 7.53. The molecule has 7 heteroatoms. The minimum Gasteiger partial charge on any atom is -0.354 e. The van der Waals surface area contributed by atoms with E-state index in [4.69, 9.17) is 23.2 Å². The molecule has 0 saturated carbocycles. The Hall–Kier alpha value is -1.69. The van der Waals surface area contributed by atoms with Crippen molar-refractivity contribution in [1.29, 1.82) is 0 Å². The highest BCUT2D eigenvalue weighted by atomic mass is 35.5. The Morgan fingerprint density at radius 2 is 1.83 bits per heavy atom. The highest BCUT2D eigenvalue weighted by Crippen LogP contribution is 2.24. The monoisotopic (exact) mass is 466 g/mol. The van der Waals surface area contributed by atoms with E-state index in [0.29, 0.717) is 23.0 Å². The number of halogens is 2. The lowest BCUT2D eigenvalue weighted by Crippen LogP contribution is -2.49. The van der Waals surface area contributed by atoms with Crippen molar-refractivity contribution < 1.29 is 9.59 Å². The summed E-state index contributed by atoms with van der Waals surface area (Å²) in [5.41, 5.74) is 1.93. The molecule has 2 aromatic carbocycles. The molecule has 0 fully saturated rings. The number of hydrogen-bond donors (Lipinski definition) is 1. The van der Waals surface area contributed by atoms with E-state index in [1.807, 2.05) is 44.2 Å². The Balaban J connectivity index is 2.15. The van der Waals surface area contributed by atoms with E-state index in [9.17, 15) is 9.59 Å². The number of nitrogens with one attached hydrogen (secondary N) is 1. The van der Waals surface area contributed by atoms with Crippen LogP contribution in [-0.2, 0) is 21.9 Å². The lowest BCUT2D eigenvalue weighted by molar-refractivity contribution is -0.139. The lowest BCUT2D eigenvalue weighted by atomic mass is 10.1. The van der Waals surface area contributed by atoms with Gasteiger partial charge in [0.1, 0.15) is 6.04 Å². The Morgan fingerprint density at radius 3 is 2.47 bits per heavy atom. The molecule has 1 N–H and O–H groups in total. The molecule has 30 heavy (non-hydrogen) atoms. The first-order chi connectivity index (χ1) is 14.5. The first-order valence-corrected chi connectivity index (χ1v) is 12.0. The molecule has 0 radical (unpaired) electrons. The van der Waals surface area contributed by atoms with Crippen LogP contribution in [0.5, 0.6) is 0 Å². The molecule has 0 heterocycles. The van der Waals surface area contributed by atoms with E-state index in [0.717, 1.165) is 23.3 Å². The molecule has 0 aliphatic carbocycles. The number of thioether (sulfide) groups is 1. The summed E-state index contributed by atoms with van der Waals surface area (Å²) in [4.78, 5) is 27.5. The fraction of sp³-hybridized carbons (Fsp3) is 0.391. The Labute approximate surface area is 193 Å². The van der Waals surface area contributed by atoms with Gasteiger partial charge in [-0.1, -0.05) is 73.4 Å². The zero-order chi connectivity index (χ0) is 21.9. The first-order valence-electron chi connectivity index (χ1n) is 10.1. The summed E-state index contributed by atoms with van der Waals surface area (Å²) >= 11 is 13.9. The highest BCUT2D eigenvalue weighted by molar-refractivity contribution is 7.99. The molecular weight excluding hydrogens is 439 g/mol. The minimum absolute atomic E-state index is 0.0829. The first kappa shape index (κ1) is 24.6. The molecule has 2 aromatic rings. The van der Waals surface area contributed by atoms with Crippen LogP contribution in [0.3, 0.4) is 0 Å². The van der Waals surface area contributed by atoms with Crippen molar-refractivity contribution in [1.82, 2.24) is 10.2 Å². The molecule has 0 aliphatic heterocycles. The van der Waals surface area contributed by atoms with E-state index in [2.05, 4.69) is 5.32 Å². The van der Waals surface area contributed by atoms with Crippen LogP contribution in [0.1, 0.15) is 37.8 Å². The van der Waals surface area contributed by atoms with Crippen LogP contribution in [0, 0.1) is 0 Å². The predicted molar refractivity (Wildman–Crippen MR) is 127 cm³/mol. The van der Waals surface area contributed by atoms with Gasteiger partial charge in [-0.05, 0) is 36.1 Å². The smallest absolute Gasteiger partial charge is 0.242 e. The normalized spacial score (nSPS) is 11.7. The SMILES string of the molecule is CCCNC(=O)C(CC)N(Cc1ccc(Cl)cc1Cl)C(=O)CSCc1ccccc1. The summed E-state index contributed by atoms with van der Waals surface area (Å²) in [6.45, 7) is 4.76. The average Bonchev–Trinajstić information content (AvgIpc) is 2.74. The van der Waals surface area contributed by atoms with Crippen LogP contribution in [0.15, 0.2) is 48.5 Å². The zero-order valence-electron chi connectivity index (χ0n) is 17.4. The van der Waals surface area contributed by atoms with Gasteiger partial charge in [0.2, 0.25) is 11.8 Å². The van der Waals surface area contributed by atoms with Crippen LogP contribution in [-0.4, -0.2) is 35.1 Å². The third-order valence-corrected chi connectivity index (χ3v) is 6.20. The minimum atomic E-state index is -0.548. The highest BCUT2D eigenvalue weighted by Gasteiger charge is 2.28. The summed E-state index contributed by atoms with van der Waals surface area (Å²) < 4.78 is 0. The van der Waals surface area contributed by atoms with Gasteiger partial charge >= 0.3 is 0 Å². The molecule has 0 aliphatic rings. The third-order valence-electron chi connectivity index (χ3n) is 4.63. The van der Waals surface area contributed by atoms with Gasteiger partial charge in [0.25, 0.3) is 0 Å². The van der Waals surface area contributed by atoms with Crippen LogP contribution < -0.4 is 5.32 Å². The predicted octanol–water partition coefficient (Wildman–Crippen LogP) is 5.56. The van der Waals surface area contributed by atoms with E-state index >= 15 is 0 Å². The van der Waals surface area contributed by atoms with Gasteiger partial charge in [-0.2, -0.15) is 0 Å². The van der Waals surface area contributed by atoms with E-state index in [-0.39, 0.29) is 24.1 Å². The van der Waals surface area contributed by atoms with Crippen molar-refractivity contribution in [2.24, 2.45) is 0 Å². The number of hydrogen-bond acceptors (Lipinski definition) is 3. The summed E-state index contributed by atoms with van der Waals surface area (Å²) in [6.07, 6.45) is 1.36. The van der Waals surface area contributed by atoms with Gasteiger partial charge in [-0.25, -0.2) is 0 Å². The van der Waals surface area contributed by atoms with Gasteiger partial charge < -0.3 is 10.2 Å². The number of rotatable bonds is 11. The summed E-state index contributed by atoms with van der Waals surface area (Å²) in [7, 11) is 0. The molecule has 1 unspecified atom stereocenters. The topological polar surface area (TPSA) is 49.4 Å². The molecule has 2 amide bonds. The van der Waals surface area contributed by atoms with Crippen LogP contribution in [0.4, 0.5) is 0 Å². The quantitative estimate of drug-likeness (QED) is 0.471. The largest absolute Gasteiger partial charge is 0.354 e. The second-order valence-corrected chi connectivity index (χ2v) is 8.78. The number of benzene rings is 2. The molecule has 0 saturated heterocycles. The maximum absolute atomic E-state index is 13.2. The molecule has 4 nitrogen and oxygen atoms in total. The van der Waals surface area contributed by atoms with Crippen molar-refractivity contribution in [3.8, 4) is 0 Å². The standard InChI is InChI=1S/C23H28Cl2N2O2S/c1-3-12-26-23(29)21(4-2)27(14-18-10-11-19(24)13-20(18)25)22(28)16-30-15-17-8-6-5-7-9-17/h5-11,13,21H,3-4,12,14-16H2,1-2H3,(H,26,29). The fourth-order valence-corrected chi connectivity index (χ4v) is 4.37. The maximum Gasteiger partial charge on any atom is 0.242 e. The number of carbonyl (C=O) groups excluding carboxylic acids is 2. The van der Waals surface area contributed by atoms with Crippen molar-refractivity contribution in [2.75, 3.05) is 12.3 Å². The average molecular weight is 467 g/mol. The van der Waals surface area contributed by atoms with Gasteiger partial charge in [-0.3, -0.25) is 9.59 Å². The van der Waals surface area contributed by atoms with Gasteiger partial charge in [0.15, 0.2) is 0 Å². The van der Waals surface area contributed by atoms with Crippen molar-refractivity contribution in [3.05, 3.63) is 69.7 Å². The van der Waals surface area contributed by atoms with Gasteiger partial charge in [-0.15, -0.1) is 11.8 Å². The Kier molecular flexibility index (Phi) is 10.6. The van der Waals surface area contributed by atoms with Gasteiger partial charge in [0.05, 0.1) is 5.75 Å². The zero-order valence-corrected chi connectivity index (χ0v) is 19.7. The van der Waals surface area contributed by atoms with Crippen LogP contribution >= 0.6 is 35.0 Å². The van der Waals surface area contributed by atoms with Gasteiger partial charge in [0, 0.05) is 28.9 Å². The summed E-state index contributed by atoms with van der Waals surface area (Å²) in [6, 6.07) is 14.7.